The number of rotatable bonds is 4. The molecule has 0 saturated carbocycles. The number of carboxylic acid groups (broad SMARTS) is 1. The second-order valence-corrected chi connectivity index (χ2v) is 5.25. The van der Waals surface area contributed by atoms with Gasteiger partial charge in [0, 0.05) is 19.1 Å². The summed E-state index contributed by atoms with van der Waals surface area (Å²) in [4.78, 5) is 13.2. The van der Waals surface area contributed by atoms with Crippen LogP contribution in [-0.2, 0) is 9.53 Å². The van der Waals surface area contributed by atoms with Gasteiger partial charge in [-0.05, 0) is 17.7 Å². The normalized spacial score (nSPS) is 17.3. The molecule has 1 saturated heterocycles. The minimum absolute atomic E-state index is 0. The van der Waals surface area contributed by atoms with E-state index >= 15 is 0 Å². The second kappa shape index (κ2) is 8.05. The Kier molecular flexibility index (Phi) is 7.06. The summed E-state index contributed by atoms with van der Waals surface area (Å²) < 4.78 is 5.30. The van der Waals surface area contributed by atoms with Crippen LogP contribution in [0.3, 0.4) is 0 Å². The molecule has 112 valence electrons. The molecule has 1 fully saturated rings. The second-order valence-electron chi connectivity index (χ2n) is 4.44. The first-order valence-electron chi connectivity index (χ1n) is 6.06. The zero-order valence-corrected chi connectivity index (χ0v) is 13.0. The highest BCUT2D eigenvalue weighted by atomic mass is 35.5. The van der Waals surface area contributed by atoms with Crippen LogP contribution in [0.15, 0.2) is 18.2 Å². The number of carbonyl (C=O) groups is 1. The van der Waals surface area contributed by atoms with Crippen molar-refractivity contribution < 1.29 is 14.6 Å². The summed E-state index contributed by atoms with van der Waals surface area (Å²) in [6, 6.07) is 5.08. The van der Waals surface area contributed by atoms with E-state index in [9.17, 15) is 4.79 Å². The summed E-state index contributed by atoms with van der Waals surface area (Å²) in [7, 11) is 0. The van der Waals surface area contributed by atoms with Crippen molar-refractivity contribution in [2.24, 2.45) is 0 Å². The third-order valence-corrected chi connectivity index (χ3v) is 3.92. The molecule has 0 spiro atoms. The molecular formula is C13H16Cl3NO3. The van der Waals surface area contributed by atoms with Gasteiger partial charge in [-0.15, -0.1) is 12.4 Å². The van der Waals surface area contributed by atoms with Crippen molar-refractivity contribution in [2.75, 3.05) is 26.3 Å². The van der Waals surface area contributed by atoms with Gasteiger partial charge >= 0.3 is 5.97 Å². The first kappa shape index (κ1) is 17.5. The topological polar surface area (TPSA) is 49.8 Å². The molecule has 0 radical (unpaired) electrons. The molecule has 1 unspecified atom stereocenters. The fourth-order valence-electron chi connectivity index (χ4n) is 2.23. The van der Waals surface area contributed by atoms with Crippen LogP contribution < -0.4 is 0 Å². The summed E-state index contributed by atoms with van der Waals surface area (Å²) in [5, 5.41) is 10.0. The summed E-state index contributed by atoms with van der Waals surface area (Å²) in [5.41, 5.74) is 0.874. The number of hydrogen-bond acceptors (Lipinski definition) is 3. The molecule has 0 amide bonds. The molecule has 7 heteroatoms. The minimum Gasteiger partial charge on any atom is -0.481 e. The van der Waals surface area contributed by atoms with Gasteiger partial charge < -0.3 is 9.84 Å². The van der Waals surface area contributed by atoms with Gasteiger partial charge in [-0.2, -0.15) is 0 Å². The Labute approximate surface area is 134 Å². The molecule has 1 aliphatic heterocycles. The smallest absolute Gasteiger partial charge is 0.305 e. The minimum atomic E-state index is -0.831. The van der Waals surface area contributed by atoms with Crippen molar-refractivity contribution in [3.8, 4) is 0 Å². The summed E-state index contributed by atoms with van der Waals surface area (Å²) in [6.07, 6.45) is 0.0396. The number of hydrogen-bond donors (Lipinski definition) is 1. The van der Waals surface area contributed by atoms with E-state index < -0.39 is 5.97 Å². The zero-order valence-electron chi connectivity index (χ0n) is 10.7. The highest BCUT2D eigenvalue weighted by Gasteiger charge is 2.25. The molecular weight excluding hydrogens is 325 g/mol. The molecule has 20 heavy (non-hydrogen) atoms. The van der Waals surface area contributed by atoms with Crippen LogP contribution in [0.25, 0.3) is 0 Å². The number of morpholine rings is 1. The van der Waals surface area contributed by atoms with Crippen LogP contribution in [0.5, 0.6) is 0 Å². The van der Waals surface area contributed by atoms with E-state index in [2.05, 4.69) is 4.90 Å². The van der Waals surface area contributed by atoms with Crippen LogP contribution in [0.4, 0.5) is 0 Å². The Morgan fingerprint density at radius 2 is 1.95 bits per heavy atom. The van der Waals surface area contributed by atoms with E-state index in [1.165, 1.54) is 0 Å². The quantitative estimate of drug-likeness (QED) is 0.914. The Bertz CT molecular complexity index is 464. The maximum Gasteiger partial charge on any atom is 0.305 e. The monoisotopic (exact) mass is 339 g/mol. The molecule has 1 atom stereocenters. The summed E-state index contributed by atoms with van der Waals surface area (Å²) in [5.74, 6) is -0.831. The van der Waals surface area contributed by atoms with E-state index in [-0.39, 0.29) is 24.9 Å². The molecule has 0 aliphatic carbocycles. The maximum absolute atomic E-state index is 11.1. The van der Waals surface area contributed by atoms with Crippen molar-refractivity contribution >= 4 is 41.6 Å². The van der Waals surface area contributed by atoms with Gasteiger partial charge in [-0.3, -0.25) is 9.69 Å². The van der Waals surface area contributed by atoms with Gasteiger partial charge in [0.1, 0.15) is 0 Å². The highest BCUT2D eigenvalue weighted by molar-refractivity contribution is 6.42. The Balaban J connectivity index is 0.00000200. The molecule has 1 N–H and O–H groups in total. The lowest BCUT2D eigenvalue weighted by Crippen LogP contribution is -2.39. The van der Waals surface area contributed by atoms with E-state index in [0.717, 1.165) is 18.7 Å². The molecule has 1 aromatic rings. The molecule has 4 nitrogen and oxygen atoms in total. The van der Waals surface area contributed by atoms with Crippen molar-refractivity contribution in [2.45, 2.75) is 12.5 Å². The summed E-state index contributed by atoms with van der Waals surface area (Å²) >= 11 is 11.9. The maximum atomic E-state index is 11.1. The van der Waals surface area contributed by atoms with Crippen molar-refractivity contribution in [1.82, 2.24) is 4.90 Å². The van der Waals surface area contributed by atoms with Gasteiger partial charge in [0.15, 0.2) is 0 Å². The van der Waals surface area contributed by atoms with Crippen LogP contribution >= 0.6 is 35.6 Å². The Morgan fingerprint density at radius 1 is 1.30 bits per heavy atom. The van der Waals surface area contributed by atoms with Crippen LogP contribution in [0.2, 0.25) is 10.0 Å². The Hall–Kier alpha value is -0.520. The third-order valence-electron chi connectivity index (χ3n) is 3.18. The first-order valence-corrected chi connectivity index (χ1v) is 6.82. The van der Waals surface area contributed by atoms with Crippen molar-refractivity contribution in [3.05, 3.63) is 33.8 Å². The lowest BCUT2D eigenvalue weighted by atomic mass is 10.0. The largest absolute Gasteiger partial charge is 0.481 e. The molecule has 1 heterocycles. The molecule has 0 aromatic heterocycles. The Morgan fingerprint density at radius 3 is 2.50 bits per heavy atom. The van der Waals surface area contributed by atoms with E-state index in [0.29, 0.717) is 23.3 Å². The van der Waals surface area contributed by atoms with Gasteiger partial charge in [-0.25, -0.2) is 0 Å². The number of carboxylic acids is 1. The average molecular weight is 341 g/mol. The fraction of sp³-hybridized carbons (Fsp3) is 0.462. The lowest BCUT2D eigenvalue weighted by Gasteiger charge is -2.34. The zero-order chi connectivity index (χ0) is 13.8. The number of aliphatic carboxylic acids is 1. The highest BCUT2D eigenvalue weighted by Crippen LogP contribution is 2.30. The third kappa shape index (κ3) is 4.50. The predicted molar refractivity (Wildman–Crippen MR) is 81.1 cm³/mol. The van der Waals surface area contributed by atoms with Crippen LogP contribution in [-0.4, -0.2) is 42.3 Å². The molecule has 2 rings (SSSR count). The SMILES string of the molecule is Cl.O=C(O)CC(c1ccc(Cl)c(Cl)c1)N1CCOCC1. The van der Waals surface area contributed by atoms with E-state index in [4.69, 9.17) is 33.0 Å². The predicted octanol–water partition coefficient (Wildman–Crippen LogP) is 3.26. The standard InChI is InChI=1S/C13H15Cl2NO3.ClH/c14-10-2-1-9(7-11(10)15)12(8-13(17)18)16-3-5-19-6-4-16;/h1-2,7,12H,3-6,8H2,(H,17,18);1H. The molecule has 1 aromatic carbocycles. The summed E-state index contributed by atoms with van der Waals surface area (Å²) in [6.45, 7) is 2.69. The van der Waals surface area contributed by atoms with Gasteiger partial charge in [0.05, 0.1) is 29.7 Å². The fourth-order valence-corrected chi connectivity index (χ4v) is 2.54. The van der Waals surface area contributed by atoms with Gasteiger partial charge in [0.25, 0.3) is 0 Å². The van der Waals surface area contributed by atoms with Crippen LogP contribution in [0, 0.1) is 0 Å². The molecule has 0 bridgehead atoms. The van der Waals surface area contributed by atoms with E-state index in [1.54, 1.807) is 12.1 Å². The number of ether oxygens (including phenoxy) is 1. The van der Waals surface area contributed by atoms with Gasteiger partial charge in [-0.1, -0.05) is 29.3 Å². The van der Waals surface area contributed by atoms with Gasteiger partial charge in [0.2, 0.25) is 0 Å². The first-order chi connectivity index (χ1) is 9.08. The lowest BCUT2D eigenvalue weighted by molar-refractivity contribution is -0.139. The van der Waals surface area contributed by atoms with Crippen LogP contribution in [0.1, 0.15) is 18.0 Å². The van der Waals surface area contributed by atoms with E-state index in [1.807, 2.05) is 6.07 Å². The van der Waals surface area contributed by atoms with Crippen molar-refractivity contribution in [3.63, 3.8) is 0 Å². The number of benzene rings is 1. The number of nitrogens with zero attached hydrogens (tertiary/aromatic N) is 1. The van der Waals surface area contributed by atoms with Crippen molar-refractivity contribution in [1.29, 1.82) is 0 Å². The average Bonchev–Trinajstić information content (AvgIpc) is 2.40. The molecule has 1 aliphatic rings. The number of halogens is 3.